The van der Waals surface area contributed by atoms with Crippen LogP contribution in [0, 0.1) is 0 Å². The molecule has 8 heteroatoms. The minimum absolute atomic E-state index is 0.127. The smallest absolute Gasteiger partial charge is 0.251 e. The summed E-state index contributed by atoms with van der Waals surface area (Å²) in [5.74, 6) is -0.127. The van der Waals surface area contributed by atoms with E-state index in [0.717, 1.165) is 37.5 Å². The van der Waals surface area contributed by atoms with Crippen LogP contribution in [0.3, 0.4) is 0 Å². The van der Waals surface area contributed by atoms with Crippen LogP contribution in [0.1, 0.15) is 28.9 Å². The average molecular weight is 414 g/mol. The van der Waals surface area contributed by atoms with E-state index in [1.165, 1.54) is 0 Å². The maximum atomic E-state index is 12.5. The number of nitrogens with zero attached hydrogens (tertiary/aromatic N) is 5. The molecule has 1 amide bonds. The van der Waals surface area contributed by atoms with E-state index in [1.54, 1.807) is 48.4 Å². The molecular formula is C22H18N6OS. The van der Waals surface area contributed by atoms with Crippen LogP contribution in [-0.4, -0.2) is 30.4 Å². The Morgan fingerprint density at radius 1 is 1.17 bits per heavy atom. The number of fused-ring (bicyclic) bond motifs is 3. The van der Waals surface area contributed by atoms with E-state index in [-0.39, 0.29) is 11.9 Å². The van der Waals surface area contributed by atoms with Gasteiger partial charge in [-0.25, -0.2) is 15.0 Å². The third kappa shape index (κ3) is 3.21. The van der Waals surface area contributed by atoms with Crippen molar-refractivity contribution < 1.29 is 4.79 Å². The SMILES string of the molecule is C[C@H](NC(=O)c1ccncc1)c1cccc(-c2nc3c(ncc4ncn(C)c43)s2)c1. The number of hydrogen-bond donors (Lipinski definition) is 1. The van der Waals surface area contributed by atoms with Gasteiger partial charge in [0.25, 0.3) is 5.91 Å². The van der Waals surface area contributed by atoms with Crippen molar-refractivity contribution in [2.75, 3.05) is 0 Å². The quantitative estimate of drug-likeness (QED) is 0.478. The third-order valence-electron chi connectivity index (χ3n) is 5.03. The number of carbonyl (C=O) groups excluding carboxylic acids is 1. The third-order valence-corrected chi connectivity index (χ3v) is 6.04. The fourth-order valence-corrected chi connectivity index (χ4v) is 4.35. The molecule has 5 aromatic rings. The van der Waals surface area contributed by atoms with E-state index in [2.05, 4.69) is 26.3 Å². The number of carbonyl (C=O) groups is 1. The van der Waals surface area contributed by atoms with Crippen molar-refractivity contribution in [2.24, 2.45) is 7.05 Å². The van der Waals surface area contributed by atoms with Crippen molar-refractivity contribution >= 4 is 38.6 Å². The summed E-state index contributed by atoms with van der Waals surface area (Å²) in [7, 11) is 1.96. The number of aromatic nitrogens is 5. The van der Waals surface area contributed by atoms with Gasteiger partial charge >= 0.3 is 0 Å². The van der Waals surface area contributed by atoms with E-state index in [9.17, 15) is 4.79 Å². The van der Waals surface area contributed by atoms with Crippen LogP contribution >= 0.6 is 11.3 Å². The molecule has 0 aliphatic heterocycles. The van der Waals surface area contributed by atoms with Crippen LogP contribution in [0.25, 0.3) is 32.0 Å². The van der Waals surface area contributed by atoms with Crippen LogP contribution < -0.4 is 5.32 Å². The van der Waals surface area contributed by atoms with Crippen molar-refractivity contribution in [3.8, 4) is 10.6 Å². The molecule has 148 valence electrons. The van der Waals surface area contributed by atoms with Gasteiger partial charge in [-0.15, -0.1) is 0 Å². The van der Waals surface area contributed by atoms with Gasteiger partial charge in [-0.2, -0.15) is 0 Å². The number of rotatable bonds is 4. The zero-order valence-electron chi connectivity index (χ0n) is 16.4. The number of thiazole rings is 1. The molecule has 0 radical (unpaired) electrons. The summed E-state index contributed by atoms with van der Waals surface area (Å²) >= 11 is 1.55. The Hall–Kier alpha value is -3.65. The Kier molecular flexibility index (Phi) is 4.48. The summed E-state index contributed by atoms with van der Waals surface area (Å²) in [6, 6.07) is 11.3. The maximum absolute atomic E-state index is 12.5. The zero-order valence-corrected chi connectivity index (χ0v) is 17.2. The molecule has 0 fully saturated rings. The average Bonchev–Trinajstić information content (AvgIpc) is 3.38. The number of aryl methyl sites for hydroxylation is 1. The molecule has 0 aliphatic carbocycles. The molecule has 0 unspecified atom stereocenters. The van der Waals surface area contributed by atoms with Crippen molar-refractivity contribution in [3.63, 3.8) is 0 Å². The summed E-state index contributed by atoms with van der Waals surface area (Å²) in [4.78, 5) is 31.0. The number of nitrogens with one attached hydrogen (secondary N) is 1. The summed E-state index contributed by atoms with van der Waals surface area (Å²) in [5, 5.41) is 3.93. The number of benzene rings is 1. The summed E-state index contributed by atoms with van der Waals surface area (Å²) in [6.07, 6.45) is 6.78. The lowest BCUT2D eigenvalue weighted by Gasteiger charge is -2.15. The van der Waals surface area contributed by atoms with Crippen molar-refractivity contribution in [3.05, 3.63) is 72.4 Å². The molecule has 0 saturated heterocycles. The molecule has 30 heavy (non-hydrogen) atoms. The molecule has 1 aromatic carbocycles. The Balaban J connectivity index is 1.46. The van der Waals surface area contributed by atoms with Gasteiger partial charge in [-0.3, -0.25) is 9.78 Å². The second kappa shape index (κ2) is 7.31. The largest absolute Gasteiger partial charge is 0.346 e. The highest BCUT2D eigenvalue weighted by molar-refractivity contribution is 7.21. The van der Waals surface area contributed by atoms with Gasteiger partial charge in [-0.1, -0.05) is 29.5 Å². The van der Waals surface area contributed by atoms with Crippen LogP contribution in [-0.2, 0) is 7.05 Å². The molecule has 4 aromatic heterocycles. The molecule has 1 N–H and O–H groups in total. The topological polar surface area (TPSA) is 85.6 Å². The first-order valence-corrected chi connectivity index (χ1v) is 10.3. The Labute approximate surface area is 176 Å². The van der Waals surface area contributed by atoms with Crippen LogP contribution in [0.4, 0.5) is 0 Å². The maximum Gasteiger partial charge on any atom is 0.251 e. The van der Waals surface area contributed by atoms with Crippen LogP contribution in [0.5, 0.6) is 0 Å². The molecule has 1 atom stereocenters. The van der Waals surface area contributed by atoms with E-state index in [0.29, 0.717) is 5.56 Å². The molecule has 0 bridgehead atoms. The van der Waals surface area contributed by atoms with Crippen molar-refractivity contribution in [1.29, 1.82) is 0 Å². The highest BCUT2D eigenvalue weighted by Gasteiger charge is 2.15. The van der Waals surface area contributed by atoms with E-state index >= 15 is 0 Å². The molecule has 0 aliphatic rings. The first-order valence-electron chi connectivity index (χ1n) is 9.48. The van der Waals surface area contributed by atoms with Crippen LogP contribution in [0.2, 0.25) is 0 Å². The number of pyridine rings is 2. The van der Waals surface area contributed by atoms with Gasteiger partial charge in [0.15, 0.2) is 0 Å². The molecule has 5 rings (SSSR count). The summed E-state index contributed by atoms with van der Waals surface area (Å²) < 4.78 is 1.97. The van der Waals surface area contributed by atoms with Gasteiger partial charge in [0.2, 0.25) is 0 Å². The predicted octanol–water partition coefficient (Wildman–Crippen LogP) is 4.13. The summed E-state index contributed by atoms with van der Waals surface area (Å²) in [5.41, 5.74) is 5.27. The normalized spacial score (nSPS) is 12.3. The zero-order chi connectivity index (χ0) is 20.7. The van der Waals surface area contributed by atoms with Crippen molar-refractivity contribution in [1.82, 2.24) is 29.8 Å². The van der Waals surface area contributed by atoms with E-state index < -0.39 is 0 Å². The molecule has 7 nitrogen and oxygen atoms in total. The first kappa shape index (κ1) is 18.4. The minimum atomic E-state index is -0.151. The van der Waals surface area contributed by atoms with Crippen LogP contribution in [0.15, 0.2) is 61.3 Å². The molecule has 0 saturated carbocycles. The standard InChI is InChI=1S/C22H18N6OS/c1-13(26-20(29)14-6-8-23-9-7-14)15-4-3-5-16(10-15)21-27-18-19-17(25-12-28(19)2)11-24-22(18)30-21/h3-13H,1-2H3,(H,26,29)/t13-/m0/s1. The fraction of sp³-hybridized carbons (Fsp3) is 0.136. The monoisotopic (exact) mass is 414 g/mol. The molecular weight excluding hydrogens is 396 g/mol. The lowest BCUT2D eigenvalue weighted by atomic mass is 10.0. The predicted molar refractivity (Wildman–Crippen MR) is 117 cm³/mol. The Morgan fingerprint density at radius 3 is 2.83 bits per heavy atom. The molecule has 0 spiro atoms. The van der Waals surface area contributed by atoms with Crippen molar-refractivity contribution in [2.45, 2.75) is 13.0 Å². The van der Waals surface area contributed by atoms with Gasteiger partial charge in [0.05, 0.1) is 24.1 Å². The summed E-state index contributed by atoms with van der Waals surface area (Å²) in [6.45, 7) is 1.97. The number of hydrogen-bond acceptors (Lipinski definition) is 6. The Bertz CT molecular complexity index is 1370. The Morgan fingerprint density at radius 2 is 2.00 bits per heavy atom. The van der Waals surface area contributed by atoms with Gasteiger partial charge in [-0.05, 0) is 30.7 Å². The van der Waals surface area contributed by atoms with E-state index in [1.807, 2.05) is 36.7 Å². The number of imidazole rings is 1. The lowest BCUT2D eigenvalue weighted by molar-refractivity contribution is 0.0940. The highest BCUT2D eigenvalue weighted by Crippen LogP contribution is 2.33. The van der Waals surface area contributed by atoms with Gasteiger partial charge < -0.3 is 9.88 Å². The second-order valence-electron chi connectivity index (χ2n) is 7.08. The van der Waals surface area contributed by atoms with E-state index in [4.69, 9.17) is 4.98 Å². The lowest BCUT2D eigenvalue weighted by Crippen LogP contribution is -2.26. The molecule has 4 heterocycles. The fourth-order valence-electron chi connectivity index (χ4n) is 3.44. The van der Waals surface area contributed by atoms with Gasteiger partial charge in [0, 0.05) is 30.6 Å². The minimum Gasteiger partial charge on any atom is -0.346 e. The highest BCUT2D eigenvalue weighted by atomic mass is 32.1. The second-order valence-corrected chi connectivity index (χ2v) is 8.05. The van der Waals surface area contributed by atoms with Gasteiger partial charge in [0.1, 0.15) is 20.9 Å². The number of amides is 1. The first-order chi connectivity index (χ1) is 14.6.